The van der Waals surface area contributed by atoms with Gasteiger partial charge in [-0.25, -0.2) is 13.8 Å². The lowest BCUT2D eigenvalue weighted by molar-refractivity contribution is -0.115. The van der Waals surface area contributed by atoms with Crippen LogP contribution in [0.2, 0.25) is 0 Å². The number of oxazole rings is 1. The van der Waals surface area contributed by atoms with Gasteiger partial charge in [0.05, 0.1) is 29.6 Å². The second kappa shape index (κ2) is 8.84. The van der Waals surface area contributed by atoms with Gasteiger partial charge in [-0.3, -0.25) is 9.59 Å². The fourth-order valence-electron chi connectivity index (χ4n) is 2.99. The van der Waals surface area contributed by atoms with Gasteiger partial charge in [-0.15, -0.1) is 0 Å². The predicted octanol–water partition coefficient (Wildman–Crippen LogP) is 4.95. The number of anilines is 2. The fourth-order valence-corrected chi connectivity index (χ4v) is 2.99. The minimum atomic E-state index is -0.655. The molecule has 0 saturated heterocycles. The van der Waals surface area contributed by atoms with Crippen molar-refractivity contribution in [3.63, 3.8) is 0 Å². The SMILES string of the molecule is Cc1occc1C(=O)Nc1cc(NC(=O)Cc2coc(-c3ccc(F)cc3)n2)ccc1F. The molecule has 0 fully saturated rings. The molecule has 4 rings (SSSR count). The predicted molar refractivity (Wildman–Crippen MR) is 112 cm³/mol. The monoisotopic (exact) mass is 437 g/mol. The number of rotatable bonds is 6. The number of furan rings is 1. The molecule has 0 atom stereocenters. The minimum absolute atomic E-state index is 0.0894. The Kier molecular flexibility index (Phi) is 5.80. The molecule has 0 aliphatic heterocycles. The largest absolute Gasteiger partial charge is 0.469 e. The van der Waals surface area contributed by atoms with Crippen LogP contribution in [-0.4, -0.2) is 16.8 Å². The maximum absolute atomic E-state index is 14.1. The van der Waals surface area contributed by atoms with Crippen LogP contribution in [-0.2, 0) is 11.2 Å². The Bertz CT molecular complexity index is 1280. The van der Waals surface area contributed by atoms with Gasteiger partial charge in [0.2, 0.25) is 11.8 Å². The first-order valence-corrected chi connectivity index (χ1v) is 9.54. The Morgan fingerprint density at radius 1 is 1.00 bits per heavy atom. The Hall–Kier alpha value is -4.27. The number of nitrogens with zero attached hydrogens (tertiary/aromatic N) is 1. The number of aromatic nitrogens is 1. The maximum Gasteiger partial charge on any atom is 0.259 e. The fraction of sp³-hybridized carbons (Fsp3) is 0.0870. The number of carbonyl (C=O) groups is 2. The second-order valence-corrected chi connectivity index (χ2v) is 6.92. The van der Waals surface area contributed by atoms with Crippen LogP contribution in [0.5, 0.6) is 0 Å². The van der Waals surface area contributed by atoms with Crippen LogP contribution in [0.4, 0.5) is 20.2 Å². The summed E-state index contributed by atoms with van der Waals surface area (Å²) < 4.78 is 37.6. The molecule has 0 unspecified atom stereocenters. The highest BCUT2D eigenvalue weighted by atomic mass is 19.1. The summed E-state index contributed by atoms with van der Waals surface area (Å²) in [5.74, 6) is -1.32. The van der Waals surface area contributed by atoms with Crippen molar-refractivity contribution < 1.29 is 27.2 Å². The molecule has 32 heavy (non-hydrogen) atoms. The smallest absolute Gasteiger partial charge is 0.259 e. The van der Waals surface area contributed by atoms with E-state index in [1.165, 1.54) is 55.0 Å². The summed E-state index contributed by atoms with van der Waals surface area (Å²) in [6, 6.07) is 10.9. The molecule has 2 heterocycles. The van der Waals surface area contributed by atoms with Gasteiger partial charge < -0.3 is 19.5 Å². The van der Waals surface area contributed by atoms with Crippen LogP contribution in [0.3, 0.4) is 0 Å². The van der Waals surface area contributed by atoms with Crippen LogP contribution in [0.1, 0.15) is 21.8 Å². The van der Waals surface area contributed by atoms with E-state index >= 15 is 0 Å². The number of hydrogen-bond acceptors (Lipinski definition) is 5. The summed E-state index contributed by atoms with van der Waals surface area (Å²) in [5, 5.41) is 5.09. The van der Waals surface area contributed by atoms with Crippen LogP contribution < -0.4 is 10.6 Å². The molecule has 2 aromatic heterocycles. The van der Waals surface area contributed by atoms with Crippen molar-refractivity contribution in [3.8, 4) is 11.5 Å². The van der Waals surface area contributed by atoms with Gasteiger partial charge in [0.15, 0.2) is 0 Å². The third-order valence-corrected chi connectivity index (χ3v) is 4.59. The summed E-state index contributed by atoms with van der Waals surface area (Å²) in [6.45, 7) is 1.62. The standard InChI is InChI=1S/C23H17F2N3O4/c1-13-18(8-9-31-13)22(30)28-20-10-16(6-7-19(20)25)26-21(29)11-17-12-32-23(27-17)14-2-4-15(24)5-3-14/h2-10,12H,11H2,1H3,(H,26,29)(H,28,30). The van der Waals surface area contributed by atoms with Crippen LogP contribution in [0.15, 0.2) is 69.9 Å². The van der Waals surface area contributed by atoms with E-state index in [1.807, 2.05) is 0 Å². The molecular weight excluding hydrogens is 420 g/mol. The molecule has 7 nitrogen and oxygen atoms in total. The average Bonchev–Trinajstić information content (AvgIpc) is 3.40. The minimum Gasteiger partial charge on any atom is -0.469 e. The summed E-state index contributed by atoms with van der Waals surface area (Å²) in [7, 11) is 0. The number of aryl methyl sites for hydroxylation is 1. The molecule has 0 aliphatic carbocycles. The van der Waals surface area contributed by atoms with Gasteiger partial charge in [0.1, 0.15) is 23.7 Å². The summed E-state index contributed by atoms with van der Waals surface area (Å²) in [5.41, 5.74) is 1.42. The lowest BCUT2D eigenvalue weighted by atomic mass is 10.2. The Morgan fingerprint density at radius 2 is 1.78 bits per heavy atom. The van der Waals surface area contributed by atoms with Crippen molar-refractivity contribution in [2.24, 2.45) is 0 Å². The molecule has 162 valence electrons. The van der Waals surface area contributed by atoms with Crippen LogP contribution in [0.25, 0.3) is 11.5 Å². The quantitative estimate of drug-likeness (QED) is 0.445. The van der Waals surface area contributed by atoms with Crippen molar-refractivity contribution >= 4 is 23.2 Å². The zero-order chi connectivity index (χ0) is 22.7. The Morgan fingerprint density at radius 3 is 2.50 bits per heavy atom. The average molecular weight is 437 g/mol. The van der Waals surface area contributed by atoms with Crippen molar-refractivity contribution in [1.29, 1.82) is 0 Å². The van der Waals surface area contributed by atoms with E-state index in [4.69, 9.17) is 8.83 Å². The highest BCUT2D eigenvalue weighted by Gasteiger charge is 2.15. The topological polar surface area (TPSA) is 97.4 Å². The third kappa shape index (κ3) is 4.72. The van der Waals surface area contributed by atoms with Crippen molar-refractivity contribution in [2.75, 3.05) is 10.6 Å². The lowest BCUT2D eigenvalue weighted by Gasteiger charge is -2.09. The zero-order valence-electron chi connectivity index (χ0n) is 16.8. The first-order valence-electron chi connectivity index (χ1n) is 9.54. The van der Waals surface area contributed by atoms with Gasteiger partial charge in [-0.05, 0) is 55.5 Å². The Balaban J connectivity index is 1.41. The molecule has 0 bridgehead atoms. The highest BCUT2D eigenvalue weighted by Crippen LogP contribution is 2.22. The molecule has 4 aromatic rings. The van der Waals surface area contributed by atoms with Crippen LogP contribution >= 0.6 is 0 Å². The first-order chi connectivity index (χ1) is 15.4. The number of amides is 2. The molecule has 0 aliphatic rings. The van der Waals surface area contributed by atoms with E-state index in [-0.39, 0.29) is 35.1 Å². The maximum atomic E-state index is 14.1. The van der Waals surface area contributed by atoms with Gasteiger partial charge in [0, 0.05) is 11.3 Å². The number of benzene rings is 2. The number of hydrogen-bond donors (Lipinski definition) is 2. The van der Waals surface area contributed by atoms with Gasteiger partial charge >= 0.3 is 0 Å². The zero-order valence-corrected chi connectivity index (χ0v) is 16.8. The van der Waals surface area contributed by atoms with Crippen molar-refractivity contribution in [2.45, 2.75) is 13.3 Å². The molecule has 2 N–H and O–H groups in total. The second-order valence-electron chi connectivity index (χ2n) is 6.92. The summed E-state index contributed by atoms with van der Waals surface area (Å²) in [6.07, 6.45) is 2.60. The van der Waals surface area contributed by atoms with Crippen molar-refractivity contribution in [3.05, 3.63) is 89.7 Å². The molecule has 2 amide bonds. The normalized spacial score (nSPS) is 10.7. The van der Waals surface area contributed by atoms with E-state index in [0.717, 1.165) is 6.07 Å². The van der Waals surface area contributed by atoms with E-state index in [2.05, 4.69) is 15.6 Å². The summed E-state index contributed by atoms with van der Waals surface area (Å²) >= 11 is 0. The van der Waals surface area contributed by atoms with E-state index in [9.17, 15) is 18.4 Å². The van der Waals surface area contributed by atoms with E-state index in [0.29, 0.717) is 17.0 Å². The van der Waals surface area contributed by atoms with Crippen LogP contribution in [0, 0.1) is 18.6 Å². The van der Waals surface area contributed by atoms with E-state index < -0.39 is 17.6 Å². The number of nitrogens with one attached hydrogen (secondary N) is 2. The van der Waals surface area contributed by atoms with E-state index in [1.54, 1.807) is 6.92 Å². The van der Waals surface area contributed by atoms with Crippen molar-refractivity contribution in [1.82, 2.24) is 4.98 Å². The molecule has 0 radical (unpaired) electrons. The van der Waals surface area contributed by atoms with Gasteiger partial charge in [0.25, 0.3) is 5.91 Å². The lowest BCUT2D eigenvalue weighted by Crippen LogP contribution is -2.16. The molecular formula is C23H17F2N3O4. The number of halogens is 2. The molecule has 9 heteroatoms. The molecule has 0 saturated carbocycles. The highest BCUT2D eigenvalue weighted by molar-refractivity contribution is 6.05. The summed E-state index contributed by atoms with van der Waals surface area (Å²) in [4.78, 5) is 28.9. The Labute approximate surface area is 181 Å². The van der Waals surface area contributed by atoms with Gasteiger partial charge in [-0.2, -0.15) is 0 Å². The number of carbonyl (C=O) groups excluding carboxylic acids is 2. The molecule has 2 aromatic carbocycles. The first kappa shape index (κ1) is 21.0. The third-order valence-electron chi connectivity index (χ3n) is 4.59. The van der Waals surface area contributed by atoms with Gasteiger partial charge in [-0.1, -0.05) is 0 Å². The molecule has 0 spiro atoms.